The van der Waals surface area contributed by atoms with E-state index in [1.165, 1.54) is 0 Å². The molecule has 0 bridgehead atoms. The zero-order valence-corrected chi connectivity index (χ0v) is 24.6. The summed E-state index contributed by atoms with van der Waals surface area (Å²) < 4.78 is 29.6. The number of hydrogen-bond donors (Lipinski definition) is 0. The van der Waals surface area contributed by atoms with Crippen LogP contribution in [0.2, 0.25) is 0 Å². The van der Waals surface area contributed by atoms with E-state index in [1.807, 2.05) is 84.9 Å². The predicted molar refractivity (Wildman–Crippen MR) is 170 cm³/mol. The molecule has 2 fully saturated rings. The van der Waals surface area contributed by atoms with Crippen LogP contribution in [0.25, 0.3) is 34.2 Å². The standard InChI is InChI=1S/C36H30N4O5/c37-23-30(24-38)29-21-33(27-5-1-25(2-6-27)31-9-11-35(44-31)39-13-17-41-18-14-39)43-34(22-29)28-7-3-26(4-8-28)32-10-12-36(45-32)40-15-19-42-20-16-40/h1-12,21-22H,13-20H2. The summed E-state index contributed by atoms with van der Waals surface area (Å²) >= 11 is 0. The Labute approximate surface area is 261 Å². The number of nitrogens with zero attached hydrogens (tertiary/aromatic N) is 4. The van der Waals surface area contributed by atoms with Crippen molar-refractivity contribution in [1.29, 1.82) is 10.5 Å². The fourth-order valence-corrected chi connectivity index (χ4v) is 5.56. The summed E-state index contributed by atoms with van der Waals surface area (Å²) in [5.41, 5.74) is 3.98. The van der Waals surface area contributed by atoms with E-state index < -0.39 is 0 Å². The lowest BCUT2D eigenvalue weighted by molar-refractivity contribution is 0.120. The van der Waals surface area contributed by atoms with E-state index in [4.69, 9.17) is 23.0 Å². The summed E-state index contributed by atoms with van der Waals surface area (Å²) in [6, 6.07) is 27.6. The van der Waals surface area contributed by atoms with Gasteiger partial charge in [-0.15, -0.1) is 0 Å². The molecule has 5 heterocycles. The summed E-state index contributed by atoms with van der Waals surface area (Å²) in [4.78, 5) is 4.35. The first-order valence-electron chi connectivity index (χ1n) is 14.9. The van der Waals surface area contributed by atoms with Crippen LogP contribution in [0, 0.1) is 22.7 Å². The number of ether oxygens (including phenoxy) is 3. The zero-order valence-electron chi connectivity index (χ0n) is 24.6. The normalized spacial score (nSPS) is 16.7. The van der Waals surface area contributed by atoms with Crippen LogP contribution in [0.4, 0.5) is 11.8 Å². The number of morpholine rings is 2. The van der Waals surface area contributed by atoms with Gasteiger partial charge in [0.15, 0.2) is 11.8 Å². The van der Waals surface area contributed by atoms with E-state index in [-0.39, 0.29) is 5.57 Å². The smallest absolute Gasteiger partial charge is 0.196 e. The predicted octanol–water partition coefficient (Wildman–Crippen LogP) is 6.64. The van der Waals surface area contributed by atoms with E-state index >= 15 is 0 Å². The lowest BCUT2D eigenvalue weighted by Gasteiger charge is -2.26. The molecule has 0 N–H and O–H groups in total. The van der Waals surface area contributed by atoms with Gasteiger partial charge in [0, 0.05) is 66.1 Å². The maximum Gasteiger partial charge on any atom is 0.196 e. The Hall–Kier alpha value is -5.48. The first kappa shape index (κ1) is 28.3. The van der Waals surface area contributed by atoms with Crippen molar-refractivity contribution in [2.45, 2.75) is 0 Å². The van der Waals surface area contributed by atoms with E-state index in [0.717, 1.165) is 71.7 Å². The van der Waals surface area contributed by atoms with Crippen molar-refractivity contribution in [2.24, 2.45) is 0 Å². The molecule has 0 saturated carbocycles. The Morgan fingerprint density at radius 3 is 1.33 bits per heavy atom. The molecule has 9 heteroatoms. The van der Waals surface area contributed by atoms with E-state index in [1.54, 1.807) is 12.2 Å². The monoisotopic (exact) mass is 598 g/mol. The number of hydrogen-bond acceptors (Lipinski definition) is 9. The van der Waals surface area contributed by atoms with E-state index in [0.29, 0.717) is 43.5 Å². The highest BCUT2D eigenvalue weighted by atomic mass is 16.5. The molecule has 0 aliphatic carbocycles. The number of rotatable bonds is 6. The number of allylic oxidation sites excluding steroid dienone is 4. The van der Waals surface area contributed by atoms with Crippen molar-refractivity contribution < 1.29 is 23.0 Å². The third kappa shape index (κ3) is 6.00. The molecule has 0 spiro atoms. The van der Waals surface area contributed by atoms with Crippen LogP contribution in [0.5, 0.6) is 0 Å². The topological polar surface area (TPSA) is 108 Å². The molecule has 0 amide bonds. The molecule has 4 aromatic rings. The van der Waals surface area contributed by atoms with Crippen LogP contribution < -0.4 is 9.80 Å². The van der Waals surface area contributed by atoms with Gasteiger partial charge in [0.25, 0.3) is 0 Å². The molecule has 2 saturated heterocycles. The third-order valence-corrected chi connectivity index (χ3v) is 8.04. The number of benzene rings is 2. The molecular weight excluding hydrogens is 568 g/mol. The largest absolute Gasteiger partial charge is 0.456 e. The molecule has 7 rings (SSSR count). The van der Waals surface area contributed by atoms with Crippen molar-refractivity contribution in [3.8, 4) is 34.8 Å². The summed E-state index contributed by atoms with van der Waals surface area (Å²) in [7, 11) is 0. The van der Waals surface area contributed by atoms with Gasteiger partial charge in [-0.05, 0) is 24.3 Å². The minimum absolute atomic E-state index is 0.0130. The lowest BCUT2D eigenvalue weighted by Crippen LogP contribution is -2.35. The van der Waals surface area contributed by atoms with Gasteiger partial charge in [-0.2, -0.15) is 10.5 Å². The van der Waals surface area contributed by atoms with Crippen LogP contribution >= 0.6 is 0 Å². The number of nitriles is 2. The molecule has 3 aliphatic heterocycles. The Morgan fingerprint density at radius 1 is 0.533 bits per heavy atom. The molecule has 0 atom stereocenters. The second-order valence-electron chi connectivity index (χ2n) is 10.8. The first-order valence-corrected chi connectivity index (χ1v) is 14.9. The zero-order chi connectivity index (χ0) is 30.6. The van der Waals surface area contributed by atoms with Crippen molar-refractivity contribution >= 4 is 23.3 Å². The highest BCUT2D eigenvalue weighted by molar-refractivity contribution is 5.80. The highest BCUT2D eigenvalue weighted by Gasteiger charge is 2.20. The summed E-state index contributed by atoms with van der Waals surface area (Å²) in [6.45, 7) is 5.98. The summed E-state index contributed by atoms with van der Waals surface area (Å²) in [5.74, 6) is 4.28. The van der Waals surface area contributed by atoms with Crippen molar-refractivity contribution in [1.82, 2.24) is 0 Å². The molecule has 2 aromatic heterocycles. The van der Waals surface area contributed by atoms with Gasteiger partial charge in [0.05, 0.1) is 26.4 Å². The Morgan fingerprint density at radius 2 is 0.933 bits per heavy atom. The number of furan rings is 2. The quantitative estimate of drug-likeness (QED) is 0.226. The van der Waals surface area contributed by atoms with Gasteiger partial charge in [0.2, 0.25) is 0 Å². The van der Waals surface area contributed by atoms with E-state index in [9.17, 15) is 10.5 Å². The third-order valence-electron chi connectivity index (χ3n) is 8.04. The fraction of sp³-hybridized carbons (Fsp3) is 0.222. The van der Waals surface area contributed by atoms with Gasteiger partial charge < -0.3 is 32.8 Å². The van der Waals surface area contributed by atoms with Crippen molar-refractivity contribution in [2.75, 3.05) is 62.4 Å². The van der Waals surface area contributed by atoms with E-state index in [2.05, 4.69) is 9.80 Å². The second kappa shape index (κ2) is 12.6. The van der Waals surface area contributed by atoms with Crippen LogP contribution in [0.3, 0.4) is 0 Å². The maximum atomic E-state index is 9.64. The van der Waals surface area contributed by atoms with Crippen molar-refractivity contribution in [3.63, 3.8) is 0 Å². The van der Waals surface area contributed by atoms with Crippen LogP contribution in [-0.2, 0) is 14.2 Å². The van der Waals surface area contributed by atoms with Crippen molar-refractivity contribution in [3.05, 3.63) is 107 Å². The molecule has 3 aliphatic rings. The van der Waals surface area contributed by atoms with Gasteiger partial charge in [-0.25, -0.2) is 0 Å². The minimum atomic E-state index is 0.0130. The van der Waals surface area contributed by atoms with Gasteiger partial charge in [0.1, 0.15) is 40.8 Å². The first-order chi connectivity index (χ1) is 22.2. The molecule has 0 radical (unpaired) electrons. The molecule has 224 valence electrons. The average Bonchev–Trinajstić information content (AvgIpc) is 3.81. The average molecular weight is 599 g/mol. The Bertz CT molecular complexity index is 1720. The number of anilines is 2. The lowest BCUT2D eigenvalue weighted by atomic mass is 10.00. The van der Waals surface area contributed by atoms with Crippen LogP contribution in [0.1, 0.15) is 11.1 Å². The SMILES string of the molecule is N#CC(C#N)=C1C=C(c2ccc(-c3ccc(N4CCOCC4)o3)cc2)OC(c2ccc(-c3ccc(N4CCOCC4)o3)cc2)=C1. The molecule has 45 heavy (non-hydrogen) atoms. The molecule has 9 nitrogen and oxygen atoms in total. The van der Waals surface area contributed by atoms with Gasteiger partial charge in [-0.1, -0.05) is 48.5 Å². The summed E-state index contributed by atoms with van der Waals surface area (Å²) in [6.07, 6.45) is 3.46. The van der Waals surface area contributed by atoms with Gasteiger partial charge >= 0.3 is 0 Å². The van der Waals surface area contributed by atoms with Crippen LogP contribution in [-0.4, -0.2) is 52.6 Å². The summed E-state index contributed by atoms with van der Waals surface area (Å²) in [5, 5.41) is 19.3. The fourth-order valence-electron chi connectivity index (χ4n) is 5.56. The van der Waals surface area contributed by atoms with Gasteiger partial charge in [-0.3, -0.25) is 0 Å². The minimum Gasteiger partial charge on any atom is -0.456 e. The molecular formula is C36H30N4O5. The Balaban J connectivity index is 1.12. The maximum absolute atomic E-state index is 9.64. The highest BCUT2D eigenvalue weighted by Crippen LogP contribution is 2.36. The Kier molecular flexibility index (Phi) is 7.94. The molecule has 2 aromatic carbocycles. The second-order valence-corrected chi connectivity index (χ2v) is 10.8. The van der Waals surface area contributed by atoms with Crippen LogP contribution in [0.15, 0.2) is 105 Å². The molecule has 0 unspecified atom stereocenters.